The first-order chi connectivity index (χ1) is 9.28. The molecule has 19 heavy (non-hydrogen) atoms. The van der Waals surface area contributed by atoms with Crippen LogP contribution in [-0.2, 0) is 25.8 Å². The van der Waals surface area contributed by atoms with Crippen molar-refractivity contribution >= 4 is 11.3 Å². The van der Waals surface area contributed by atoms with E-state index in [9.17, 15) is 0 Å². The van der Waals surface area contributed by atoms with Crippen LogP contribution in [0.2, 0.25) is 0 Å². The van der Waals surface area contributed by atoms with E-state index < -0.39 is 0 Å². The average Bonchev–Trinajstić information content (AvgIpc) is 3.03. The summed E-state index contributed by atoms with van der Waals surface area (Å²) in [6.45, 7) is 3.10. The van der Waals surface area contributed by atoms with E-state index in [0.29, 0.717) is 0 Å². The monoisotopic (exact) mass is 275 g/mol. The molecule has 0 spiro atoms. The lowest BCUT2D eigenvalue weighted by Gasteiger charge is -2.10. The quantitative estimate of drug-likeness (QED) is 0.932. The molecule has 0 amide bonds. The third-order valence-electron chi connectivity index (χ3n) is 3.93. The molecular weight excluding hydrogens is 254 g/mol. The second-order valence-corrected chi connectivity index (χ2v) is 6.41. The van der Waals surface area contributed by atoms with Gasteiger partial charge in [-0.25, -0.2) is 4.98 Å². The average molecular weight is 275 g/mol. The van der Waals surface area contributed by atoms with Crippen molar-refractivity contribution in [3.05, 3.63) is 39.6 Å². The molecule has 0 saturated heterocycles. The van der Waals surface area contributed by atoms with E-state index in [0.717, 1.165) is 18.8 Å². The van der Waals surface area contributed by atoms with Gasteiger partial charge in [0.05, 0.1) is 0 Å². The number of fused-ring (bicyclic) bond motifs is 1. The molecule has 2 aromatic heterocycles. The van der Waals surface area contributed by atoms with Crippen LogP contribution in [0.25, 0.3) is 0 Å². The van der Waals surface area contributed by atoms with Gasteiger partial charge in [0.1, 0.15) is 5.82 Å². The van der Waals surface area contributed by atoms with Crippen molar-refractivity contribution in [1.29, 1.82) is 0 Å². The molecule has 4 heteroatoms. The van der Waals surface area contributed by atoms with Gasteiger partial charge in [0.2, 0.25) is 0 Å². The Balaban J connectivity index is 1.76. The number of imidazole rings is 1. The molecule has 1 unspecified atom stereocenters. The molecule has 1 aliphatic rings. The van der Waals surface area contributed by atoms with Crippen molar-refractivity contribution < 1.29 is 0 Å². The van der Waals surface area contributed by atoms with Gasteiger partial charge in [0, 0.05) is 41.2 Å². The van der Waals surface area contributed by atoms with Crippen LogP contribution in [0.4, 0.5) is 0 Å². The number of hydrogen-bond donors (Lipinski definition) is 1. The fraction of sp³-hybridized carbons (Fsp3) is 0.533. The Bertz CT molecular complexity index is 532. The minimum atomic E-state index is 0.0864. The lowest BCUT2D eigenvalue weighted by molar-refractivity contribution is 0.633. The Hall–Kier alpha value is -1.13. The fourth-order valence-corrected chi connectivity index (χ4v) is 4.07. The summed E-state index contributed by atoms with van der Waals surface area (Å²) >= 11 is 1.92. The van der Waals surface area contributed by atoms with Gasteiger partial charge in [-0.1, -0.05) is 0 Å². The summed E-state index contributed by atoms with van der Waals surface area (Å²) in [4.78, 5) is 7.32. The van der Waals surface area contributed by atoms with E-state index >= 15 is 0 Å². The maximum absolute atomic E-state index is 6.38. The number of hydrogen-bond acceptors (Lipinski definition) is 3. The highest BCUT2D eigenvalue weighted by molar-refractivity contribution is 7.12. The zero-order chi connectivity index (χ0) is 13.2. The van der Waals surface area contributed by atoms with Crippen molar-refractivity contribution in [1.82, 2.24) is 9.55 Å². The summed E-state index contributed by atoms with van der Waals surface area (Å²) in [6.07, 6.45) is 9.88. The second-order valence-electron chi connectivity index (χ2n) is 5.24. The maximum Gasteiger partial charge on any atom is 0.110 e. The Morgan fingerprint density at radius 3 is 3.05 bits per heavy atom. The molecule has 0 fully saturated rings. The molecule has 2 aromatic rings. The van der Waals surface area contributed by atoms with Crippen LogP contribution >= 0.6 is 11.3 Å². The number of aryl methyl sites for hydroxylation is 3. The largest absolute Gasteiger partial charge is 0.335 e. The van der Waals surface area contributed by atoms with Gasteiger partial charge in [-0.2, -0.15) is 0 Å². The lowest BCUT2D eigenvalue weighted by Crippen LogP contribution is -2.15. The van der Waals surface area contributed by atoms with E-state index in [2.05, 4.69) is 22.5 Å². The van der Waals surface area contributed by atoms with E-state index in [-0.39, 0.29) is 6.04 Å². The summed E-state index contributed by atoms with van der Waals surface area (Å²) in [5.41, 5.74) is 7.92. The van der Waals surface area contributed by atoms with Crippen LogP contribution in [0.1, 0.15) is 46.9 Å². The van der Waals surface area contributed by atoms with Crippen LogP contribution < -0.4 is 5.73 Å². The number of nitrogens with two attached hydrogens (primary N) is 1. The molecule has 0 radical (unpaired) electrons. The fourth-order valence-electron chi connectivity index (χ4n) is 2.81. The van der Waals surface area contributed by atoms with Gasteiger partial charge in [0.25, 0.3) is 0 Å². The summed E-state index contributed by atoms with van der Waals surface area (Å²) < 4.78 is 2.17. The first-order valence-corrected chi connectivity index (χ1v) is 7.96. The predicted octanol–water partition coefficient (Wildman–Crippen LogP) is 3.09. The molecule has 0 bridgehead atoms. The third-order valence-corrected chi connectivity index (χ3v) is 5.29. The Morgan fingerprint density at radius 2 is 2.26 bits per heavy atom. The summed E-state index contributed by atoms with van der Waals surface area (Å²) in [6, 6.07) is 2.42. The zero-order valence-corrected chi connectivity index (χ0v) is 12.2. The molecule has 2 heterocycles. The first kappa shape index (κ1) is 12.9. The third kappa shape index (κ3) is 2.60. The van der Waals surface area contributed by atoms with E-state index in [1.54, 1.807) is 10.4 Å². The predicted molar refractivity (Wildman–Crippen MR) is 79.5 cm³/mol. The molecule has 1 atom stereocenters. The molecule has 3 nitrogen and oxygen atoms in total. The van der Waals surface area contributed by atoms with Crippen molar-refractivity contribution in [3.8, 4) is 0 Å². The van der Waals surface area contributed by atoms with Crippen LogP contribution in [0.5, 0.6) is 0 Å². The van der Waals surface area contributed by atoms with Crippen LogP contribution in [0.15, 0.2) is 18.5 Å². The topological polar surface area (TPSA) is 43.8 Å². The van der Waals surface area contributed by atoms with E-state index in [4.69, 9.17) is 5.73 Å². The molecular formula is C15H21N3S. The molecule has 102 valence electrons. The second kappa shape index (κ2) is 5.47. The number of nitrogens with zero attached hydrogens (tertiary/aromatic N) is 2. The van der Waals surface area contributed by atoms with Crippen LogP contribution in [0.3, 0.4) is 0 Å². The smallest absolute Gasteiger partial charge is 0.110 e. The molecule has 0 aliphatic heterocycles. The van der Waals surface area contributed by atoms with Gasteiger partial charge >= 0.3 is 0 Å². The minimum absolute atomic E-state index is 0.0864. The minimum Gasteiger partial charge on any atom is -0.335 e. The molecule has 0 saturated carbocycles. The highest BCUT2D eigenvalue weighted by atomic mass is 32.1. The molecule has 1 aliphatic carbocycles. The van der Waals surface area contributed by atoms with Gasteiger partial charge in [-0.15, -0.1) is 11.3 Å². The summed E-state index contributed by atoms with van der Waals surface area (Å²) in [5, 5.41) is 0. The lowest BCUT2D eigenvalue weighted by atomic mass is 9.98. The van der Waals surface area contributed by atoms with Crippen molar-refractivity contribution in [2.24, 2.45) is 5.73 Å². The first-order valence-electron chi connectivity index (χ1n) is 7.15. The number of rotatable bonds is 4. The van der Waals surface area contributed by atoms with Gasteiger partial charge in [-0.05, 0) is 44.2 Å². The summed E-state index contributed by atoms with van der Waals surface area (Å²) in [7, 11) is 0. The Labute approximate surface area is 118 Å². The van der Waals surface area contributed by atoms with Crippen molar-refractivity contribution in [2.75, 3.05) is 0 Å². The van der Waals surface area contributed by atoms with Crippen molar-refractivity contribution in [2.45, 2.75) is 51.6 Å². The standard InChI is InChI=1S/C15H21N3S/c1-2-18-8-7-17-15(18)10-12(16)14-9-11-5-3-4-6-13(11)19-14/h7-9,12H,2-6,10,16H2,1H3. The number of thiophene rings is 1. The van der Waals surface area contributed by atoms with Gasteiger partial charge in [-0.3, -0.25) is 0 Å². The maximum atomic E-state index is 6.38. The molecule has 3 rings (SSSR count). The van der Waals surface area contributed by atoms with E-state index in [1.807, 2.05) is 23.7 Å². The zero-order valence-electron chi connectivity index (χ0n) is 11.4. The van der Waals surface area contributed by atoms with Crippen LogP contribution in [0, 0.1) is 0 Å². The van der Waals surface area contributed by atoms with E-state index in [1.165, 1.54) is 30.6 Å². The van der Waals surface area contributed by atoms with Gasteiger partial charge in [0.15, 0.2) is 0 Å². The summed E-state index contributed by atoms with van der Waals surface area (Å²) in [5.74, 6) is 1.10. The SMILES string of the molecule is CCn1ccnc1CC(N)c1cc2c(s1)CCCC2. The normalized spacial score (nSPS) is 16.3. The highest BCUT2D eigenvalue weighted by Crippen LogP contribution is 2.33. The Morgan fingerprint density at radius 1 is 1.42 bits per heavy atom. The van der Waals surface area contributed by atoms with Gasteiger partial charge < -0.3 is 10.3 Å². The molecule has 2 N–H and O–H groups in total. The number of aromatic nitrogens is 2. The molecule has 0 aromatic carbocycles. The van der Waals surface area contributed by atoms with Crippen LogP contribution in [-0.4, -0.2) is 9.55 Å². The highest BCUT2D eigenvalue weighted by Gasteiger charge is 2.18. The van der Waals surface area contributed by atoms with Crippen molar-refractivity contribution in [3.63, 3.8) is 0 Å². The Kier molecular flexibility index (Phi) is 3.71.